The van der Waals surface area contributed by atoms with E-state index >= 15 is 0 Å². The van der Waals surface area contributed by atoms with Crippen LogP contribution in [-0.4, -0.2) is 42.1 Å². The molecule has 2 amide bonds. The highest BCUT2D eigenvalue weighted by molar-refractivity contribution is 7.09. The number of urea groups is 1. The molecule has 8 heteroatoms. The smallest absolute Gasteiger partial charge is 0.319 e. The van der Waals surface area contributed by atoms with Crippen LogP contribution in [0.25, 0.3) is 0 Å². The van der Waals surface area contributed by atoms with Crippen LogP contribution in [-0.2, 0) is 6.42 Å². The Morgan fingerprint density at radius 2 is 1.91 bits per heavy atom. The summed E-state index contributed by atoms with van der Waals surface area (Å²) in [5.74, 6) is 1.98. The average Bonchev–Trinajstić information content (AvgIpc) is 3.28. The molecule has 1 saturated heterocycles. The number of benzene rings is 2. The quantitative estimate of drug-likeness (QED) is 0.554. The van der Waals surface area contributed by atoms with E-state index in [2.05, 4.69) is 51.1 Å². The number of nitrogens with one attached hydrogen (secondary N) is 2. The normalized spacial score (nSPS) is 14.2. The summed E-state index contributed by atoms with van der Waals surface area (Å²) in [6.07, 6.45) is 2.79. The van der Waals surface area contributed by atoms with Crippen molar-refractivity contribution in [3.8, 4) is 5.75 Å². The maximum Gasteiger partial charge on any atom is 0.319 e. The van der Waals surface area contributed by atoms with Crippen LogP contribution in [0.1, 0.15) is 29.8 Å². The molecule has 0 unspecified atom stereocenters. The summed E-state index contributed by atoms with van der Waals surface area (Å²) in [6.45, 7) is 4.61. The third kappa shape index (κ3) is 5.76. The Labute approximate surface area is 193 Å². The number of hydrogen-bond donors (Lipinski definition) is 2. The van der Waals surface area contributed by atoms with E-state index in [-0.39, 0.29) is 6.03 Å². The van der Waals surface area contributed by atoms with Crippen molar-refractivity contribution >= 4 is 28.4 Å². The van der Waals surface area contributed by atoms with Crippen molar-refractivity contribution in [1.29, 1.82) is 0 Å². The van der Waals surface area contributed by atoms with E-state index in [4.69, 9.17) is 9.72 Å². The van der Waals surface area contributed by atoms with E-state index in [9.17, 15) is 4.79 Å². The van der Waals surface area contributed by atoms with Gasteiger partial charge in [0.15, 0.2) is 0 Å². The zero-order chi connectivity index (χ0) is 22.3. The van der Waals surface area contributed by atoms with Gasteiger partial charge in [-0.3, -0.25) is 0 Å². The molecule has 2 aromatic carbocycles. The highest BCUT2D eigenvalue weighted by Gasteiger charge is 2.22. The molecule has 1 fully saturated rings. The second-order valence-electron chi connectivity index (χ2n) is 8.12. The number of anilines is 2. The van der Waals surface area contributed by atoms with Crippen LogP contribution in [0.2, 0.25) is 0 Å². The van der Waals surface area contributed by atoms with E-state index in [1.54, 1.807) is 7.11 Å². The first-order chi connectivity index (χ1) is 15.6. The SMILES string of the molecule is COc1ccccc1NC(=O)NCC1CCN(c2nc(Cc3ccc(C)cc3)ns2)CC1. The molecular weight excluding hydrogens is 422 g/mol. The Hall–Kier alpha value is -3.13. The number of piperidine rings is 1. The van der Waals surface area contributed by atoms with Crippen LogP contribution in [0.3, 0.4) is 0 Å². The van der Waals surface area contributed by atoms with Crippen molar-refractivity contribution in [2.45, 2.75) is 26.2 Å². The maximum absolute atomic E-state index is 12.3. The number of ether oxygens (including phenoxy) is 1. The second kappa shape index (κ2) is 10.5. The molecule has 2 heterocycles. The zero-order valence-electron chi connectivity index (χ0n) is 18.5. The van der Waals surface area contributed by atoms with Gasteiger partial charge in [-0.25, -0.2) is 9.78 Å². The minimum atomic E-state index is -0.207. The summed E-state index contributed by atoms with van der Waals surface area (Å²) in [6, 6.07) is 15.7. The van der Waals surface area contributed by atoms with Crippen molar-refractivity contribution in [2.24, 2.45) is 5.92 Å². The lowest BCUT2D eigenvalue weighted by Crippen LogP contribution is -2.39. The van der Waals surface area contributed by atoms with Crippen LogP contribution >= 0.6 is 11.5 Å². The first kappa shape index (κ1) is 22.1. The van der Waals surface area contributed by atoms with E-state index in [0.29, 0.717) is 23.9 Å². The number of carbonyl (C=O) groups is 1. The van der Waals surface area contributed by atoms with Gasteiger partial charge in [0, 0.05) is 37.6 Å². The lowest BCUT2D eigenvalue weighted by atomic mass is 9.97. The number of aryl methyl sites for hydroxylation is 1. The van der Waals surface area contributed by atoms with Gasteiger partial charge in [-0.05, 0) is 43.4 Å². The van der Waals surface area contributed by atoms with Gasteiger partial charge in [0.05, 0.1) is 12.8 Å². The standard InChI is InChI=1S/C24H29N5O2S/c1-17-7-9-18(10-8-17)15-22-27-24(32-28-22)29-13-11-19(12-14-29)16-25-23(30)26-20-5-3-4-6-21(20)31-2/h3-10,19H,11-16H2,1-2H3,(H2,25,26,30). The van der Waals surface area contributed by atoms with Gasteiger partial charge < -0.3 is 20.3 Å². The number of hydrogen-bond acceptors (Lipinski definition) is 6. The molecule has 1 aliphatic rings. The maximum atomic E-state index is 12.3. The number of nitrogens with zero attached hydrogens (tertiary/aromatic N) is 3. The molecule has 2 N–H and O–H groups in total. The number of amides is 2. The van der Waals surface area contributed by atoms with Crippen molar-refractivity contribution in [3.05, 3.63) is 65.5 Å². The first-order valence-electron chi connectivity index (χ1n) is 10.9. The molecule has 0 bridgehead atoms. The van der Waals surface area contributed by atoms with Crippen LogP contribution in [0.4, 0.5) is 15.6 Å². The van der Waals surface area contributed by atoms with Crippen molar-refractivity contribution in [3.63, 3.8) is 0 Å². The van der Waals surface area contributed by atoms with E-state index < -0.39 is 0 Å². The largest absolute Gasteiger partial charge is 0.495 e. The molecule has 7 nitrogen and oxygen atoms in total. The van der Waals surface area contributed by atoms with Gasteiger partial charge in [0.2, 0.25) is 5.13 Å². The first-order valence-corrected chi connectivity index (χ1v) is 11.7. The molecule has 1 aromatic heterocycles. The Morgan fingerprint density at radius 3 is 2.66 bits per heavy atom. The third-order valence-electron chi connectivity index (χ3n) is 5.73. The van der Waals surface area contributed by atoms with Crippen molar-refractivity contribution < 1.29 is 9.53 Å². The molecule has 0 spiro atoms. The Bertz CT molecular complexity index is 1030. The molecule has 0 saturated carbocycles. The fraction of sp³-hybridized carbons (Fsp3) is 0.375. The van der Waals surface area contributed by atoms with Gasteiger partial charge >= 0.3 is 6.03 Å². The topological polar surface area (TPSA) is 79.4 Å². The zero-order valence-corrected chi connectivity index (χ0v) is 19.3. The highest BCUT2D eigenvalue weighted by atomic mass is 32.1. The molecule has 0 aliphatic carbocycles. The Kier molecular flexibility index (Phi) is 7.21. The van der Waals surface area contributed by atoms with Crippen LogP contribution in [0, 0.1) is 12.8 Å². The lowest BCUT2D eigenvalue weighted by molar-refractivity contribution is 0.248. The predicted molar refractivity (Wildman–Crippen MR) is 129 cm³/mol. The Morgan fingerprint density at radius 1 is 1.16 bits per heavy atom. The molecular formula is C24H29N5O2S. The molecule has 0 atom stereocenters. The summed E-state index contributed by atoms with van der Waals surface area (Å²) < 4.78 is 9.83. The molecule has 3 aromatic rings. The average molecular weight is 452 g/mol. The number of aromatic nitrogens is 2. The minimum Gasteiger partial charge on any atom is -0.495 e. The monoisotopic (exact) mass is 451 g/mol. The third-order valence-corrected chi connectivity index (χ3v) is 6.55. The summed E-state index contributed by atoms with van der Waals surface area (Å²) in [5.41, 5.74) is 3.16. The van der Waals surface area contributed by atoms with Crippen molar-refractivity contribution in [1.82, 2.24) is 14.7 Å². The molecule has 4 rings (SSSR count). The molecule has 1 aliphatic heterocycles. The molecule has 0 radical (unpaired) electrons. The van der Waals surface area contributed by atoms with Gasteiger partial charge in [0.1, 0.15) is 11.6 Å². The number of rotatable bonds is 7. The number of carbonyl (C=O) groups excluding carboxylic acids is 1. The van der Waals surface area contributed by atoms with E-state index in [0.717, 1.165) is 43.3 Å². The minimum absolute atomic E-state index is 0.207. The van der Waals surface area contributed by atoms with Crippen LogP contribution < -0.4 is 20.3 Å². The van der Waals surface area contributed by atoms with Gasteiger partial charge in [-0.2, -0.15) is 4.37 Å². The molecule has 168 valence electrons. The van der Waals surface area contributed by atoms with Crippen LogP contribution in [0.5, 0.6) is 5.75 Å². The fourth-order valence-electron chi connectivity index (χ4n) is 3.81. The van der Waals surface area contributed by atoms with Gasteiger partial charge in [-0.1, -0.05) is 42.0 Å². The predicted octanol–water partition coefficient (Wildman–Crippen LogP) is 4.48. The number of para-hydroxylation sites is 2. The summed E-state index contributed by atoms with van der Waals surface area (Å²) >= 11 is 1.48. The summed E-state index contributed by atoms with van der Waals surface area (Å²) in [7, 11) is 1.59. The molecule has 32 heavy (non-hydrogen) atoms. The van der Waals surface area contributed by atoms with Crippen molar-refractivity contribution in [2.75, 3.05) is 37.0 Å². The van der Waals surface area contributed by atoms with E-state index in [1.165, 1.54) is 22.7 Å². The fourth-order valence-corrected chi connectivity index (χ4v) is 4.55. The summed E-state index contributed by atoms with van der Waals surface area (Å²) in [5, 5.41) is 6.84. The second-order valence-corrected chi connectivity index (χ2v) is 8.85. The highest BCUT2D eigenvalue weighted by Crippen LogP contribution is 2.26. The Balaban J connectivity index is 1.22. The van der Waals surface area contributed by atoms with Gasteiger partial charge in [0.25, 0.3) is 0 Å². The van der Waals surface area contributed by atoms with Gasteiger partial charge in [-0.15, -0.1) is 0 Å². The number of methoxy groups -OCH3 is 1. The summed E-state index contributed by atoms with van der Waals surface area (Å²) in [4.78, 5) is 19.3. The van der Waals surface area contributed by atoms with Crippen LogP contribution in [0.15, 0.2) is 48.5 Å². The lowest BCUT2D eigenvalue weighted by Gasteiger charge is -2.31. The van der Waals surface area contributed by atoms with E-state index in [1.807, 2.05) is 24.3 Å².